The maximum absolute atomic E-state index is 3.44. The van der Waals surface area contributed by atoms with E-state index >= 15 is 0 Å². The van der Waals surface area contributed by atoms with Crippen LogP contribution in [0.15, 0.2) is 11.4 Å². The van der Waals surface area contributed by atoms with Gasteiger partial charge in [0.15, 0.2) is 0 Å². The molecule has 1 rings (SSSR count). The van der Waals surface area contributed by atoms with Crippen molar-refractivity contribution >= 4 is 11.3 Å². The molecule has 0 radical (unpaired) electrons. The maximum Gasteiger partial charge on any atom is 0.0328 e. The molecule has 0 aromatic carbocycles. The molecular weight excluding hydrogens is 214 g/mol. The van der Waals surface area contributed by atoms with Crippen LogP contribution in [0, 0.1) is 18.3 Å². The molecule has 0 saturated heterocycles. The van der Waals surface area contributed by atoms with Crippen molar-refractivity contribution in [3.8, 4) is 0 Å². The molecule has 0 saturated carbocycles. The van der Waals surface area contributed by atoms with Gasteiger partial charge in [0.1, 0.15) is 0 Å². The van der Waals surface area contributed by atoms with E-state index in [1.54, 1.807) is 0 Å². The first-order chi connectivity index (χ1) is 7.34. The lowest BCUT2D eigenvalue weighted by atomic mass is 9.78. The van der Waals surface area contributed by atoms with Gasteiger partial charge in [-0.3, -0.25) is 0 Å². The van der Waals surface area contributed by atoms with E-state index < -0.39 is 0 Å². The third-order valence-corrected chi connectivity index (χ3v) is 4.45. The standard InChI is InChI=1S/C14H25NS/c1-10(14(3,4)5)7-13(15-6)12-8-11(2)16-9-12/h8-10,13,15H,7H2,1-6H3. The van der Waals surface area contributed by atoms with Crippen LogP contribution < -0.4 is 5.32 Å². The van der Waals surface area contributed by atoms with E-state index in [1.165, 1.54) is 16.9 Å². The molecule has 1 N–H and O–H groups in total. The number of hydrogen-bond donors (Lipinski definition) is 1. The summed E-state index contributed by atoms with van der Waals surface area (Å²) >= 11 is 1.84. The number of aryl methyl sites for hydroxylation is 1. The lowest BCUT2D eigenvalue weighted by Gasteiger charge is -2.30. The minimum absolute atomic E-state index is 0.389. The first-order valence-electron chi connectivity index (χ1n) is 6.07. The van der Waals surface area contributed by atoms with E-state index in [9.17, 15) is 0 Å². The SMILES string of the molecule is CNC(CC(C)C(C)(C)C)c1csc(C)c1. The Balaban J connectivity index is 2.70. The topological polar surface area (TPSA) is 12.0 Å². The second-order valence-electron chi connectivity index (χ2n) is 5.83. The van der Waals surface area contributed by atoms with E-state index in [-0.39, 0.29) is 0 Å². The van der Waals surface area contributed by atoms with Crippen molar-refractivity contribution in [1.29, 1.82) is 0 Å². The molecule has 92 valence electrons. The largest absolute Gasteiger partial charge is 0.313 e. The minimum Gasteiger partial charge on any atom is -0.313 e. The monoisotopic (exact) mass is 239 g/mol. The lowest BCUT2D eigenvalue weighted by Crippen LogP contribution is -2.25. The highest BCUT2D eigenvalue weighted by Gasteiger charge is 2.23. The number of nitrogens with one attached hydrogen (secondary N) is 1. The van der Waals surface area contributed by atoms with Crippen LogP contribution in [0.3, 0.4) is 0 Å². The predicted octanol–water partition coefficient (Wildman–Crippen LogP) is 4.39. The Morgan fingerprint density at radius 3 is 2.38 bits per heavy atom. The highest BCUT2D eigenvalue weighted by atomic mass is 32.1. The quantitative estimate of drug-likeness (QED) is 0.821. The maximum atomic E-state index is 3.44. The summed E-state index contributed by atoms with van der Waals surface area (Å²) in [5, 5.41) is 5.72. The molecule has 2 unspecified atom stereocenters. The Morgan fingerprint density at radius 2 is 2.00 bits per heavy atom. The normalized spacial score (nSPS) is 16.1. The van der Waals surface area contributed by atoms with Gasteiger partial charge in [-0.15, -0.1) is 11.3 Å². The van der Waals surface area contributed by atoms with Crippen LogP contribution >= 0.6 is 11.3 Å². The molecule has 0 aliphatic carbocycles. The molecule has 0 spiro atoms. The predicted molar refractivity (Wildman–Crippen MR) is 74.1 cm³/mol. The summed E-state index contributed by atoms with van der Waals surface area (Å²) in [6, 6.07) is 2.81. The van der Waals surface area contributed by atoms with Crippen LogP contribution in [0.2, 0.25) is 0 Å². The Kier molecular flexibility index (Phi) is 4.57. The van der Waals surface area contributed by atoms with Gasteiger partial charge in [0.05, 0.1) is 0 Å². The summed E-state index contributed by atoms with van der Waals surface area (Å²) in [7, 11) is 2.06. The Bertz CT molecular complexity index is 322. The highest BCUT2D eigenvalue weighted by Crippen LogP contribution is 2.34. The van der Waals surface area contributed by atoms with Crippen LogP contribution in [0.5, 0.6) is 0 Å². The molecule has 1 aromatic heterocycles. The molecule has 2 atom stereocenters. The molecule has 0 aliphatic heterocycles. The summed E-state index contributed by atoms with van der Waals surface area (Å²) in [4.78, 5) is 1.40. The summed E-state index contributed by atoms with van der Waals surface area (Å²) in [6.45, 7) is 11.5. The van der Waals surface area contributed by atoms with E-state index in [1.807, 2.05) is 11.3 Å². The molecule has 2 heteroatoms. The van der Waals surface area contributed by atoms with Gasteiger partial charge in [-0.25, -0.2) is 0 Å². The highest BCUT2D eigenvalue weighted by molar-refractivity contribution is 7.10. The van der Waals surface area contributed by atoms with Crippen molar-refractivity contribution in [3.05, 3.63) is 21.9 Å². The minimum atomic E-state index is 0.389. The molecule has 0 bridgehead atoms. The molecule has 0 fully saturated rings. The summed E-state index contributed by atoms with van der Waals surface area (Å²) < 4.78 is 0. The van der Waals surface area contributed by atoms with Crippen molar-refractivity contribution in [3.63, 3.8) is 0 Å². The second-order valence-corrected chi connectivity index (χ2v) is 6.95. The van der Waals surface area contributed by atoms with Gasteiger partial charge in [-0.1, -0.05) is 27.7 Å². The number of thiophene rings is 1. The van der Waals surface area contributed by atoms with Crippen LogP contribution in [0.4, 0.5) is 0 Å². The van der Waals surface area contributed by atoms with Crippen molar-refractivity contribution < 1.29 is 0 Å². The first-order valence-corrected chi connectivity index (χ1v) is 6.95. The fraction of sp³-hybridized carbons (Fsp3) is 0.714. The van der Waals surface area contributed by atoms with Gasteiger partial charge >= 0.3 is 0 Å². The van der Waals surface area contributed by atoms with Crippen LogP contribution in [-0.2, 0) is 0 Å². The average Bonchev–Trinajstić information content (AvgIpc) is 2.59. The number of rotatable bonds is 4. The van der Waals surface area contributed by atoms with Crippen LogP contribution in [0.25, 0.3) is 0 Å². The zero-order valence-electron chi connectivity index (χ0n) is 11.4. The van der Waals surface area contributed by atoms with Crippen molar-refractivity contribution in [2.45, 2.75) is 47.1 Å². The van der Waals surface area contributed by atoms with Crippen LogP contribution in [-0.4, -0.2) is 7.05 Å². The summed E-state index contributed by atoms with van der Waals surface area (Å²) in [5.74, 6) is 0.713. The molecule has 1 nitrogen and oxygen atoms in total. The van der Waals surface area contributed by atoms with E-state index in [2.05, 4.69) is 58.4 Å². The molecule has 1 aromatic rings. The molecular formula is C14H25NS. The Hall–Kier alpha value is -0.340. The van der Waals surface area contributed by atoms with E-state index in [0.29, 0.717) is 17.4 Å². The third kappa shape index (κ3) is 3.60. The van der Waals surface area contributed by atoms with Gasteiger partial charge in [0.25, 0.3) is 0 Å². The van der Waals surface area contributed by atoms with E-state index in [4.69, 9.17) is 0 Å². The fourth-order valence-electron chi connectivity index (χ4n) is 1.77. The summed E-state index contributed by atoms with van der Waals surface area (Å²) in [6.07, 6.45) is 1.20. The van der Waals surface area contributed by atoms with Gasteiger partial charge < -0.3 is 5.32 Å². The lowest BCUT2D eigenvalue weighted by molar-refractivity contribution is 0.226. The first kappa shape index (κ1) is 13.7. The number of hydrogen-bond acceptors (Lipinski definition) is 2. The summed E-state index contributed by atoms with van der Waals surface area (Å²) in [5.41, 5.74) is 1.83. The van der Waals surface area contributed by atoms with Crippen molar-refractivity contribution in [1.82, 2.24) is 5.32 Å². The molecule has 0 aliphatic rings. The van der Waals surface area contributed by atoms with Gasteiger partial charge in [-0.2, -0.15) is 0 Å². The van der Waals surface area contributed by atoms with E-state index in [0.717, 1.165) is 0 Å². The zero-order valence-corrected chi connectivity index (χ0v) is 12.2. The Labute approximate surface area is 104 Å². The van der Waals surface area contributed by atoms with Gasteiger partial charge in [0.2, 0.25) is 0 Å². The molecule has 0 amide bonds. The zero-order chi connectivity index (χ0) is 12.3. The molecule has 1 heterocycles. The second kappa shape index (κ2) is 5.33. The third-order valence-electron chi connectivity index (χ3n) is 3.57. The Morgan fingerprint density at radius 1 is 1.38 bits per heavy atom. The van der Waals surface area contributed by atoms with Crippen molar-refractivity contribution in [2.24, 2.45) is 11.3 Å². The van der Waals surface area contributed by atoms with Gasteiger partial charge in [0, 0.05) is 10.9 Å². The average molecular weight is 239 g/mol. The van der Waals surface area contributed by atoms with Crippen LogP contribution in [0.1, 0.15) is 50.6 Å². The smallest absolute Gasteiger partial charge is 0.0328 e. The van der Waals surface area contributed by atoms with Crippen molar-refractivity contribution in [2.75, 3.05) is 7.05 Å². The van der Waals surface area contributed by atoms with Gasteiger partial charge in [-0.05, 0) is 48.7 Å². The fourth-order valence-corrected chi connectivity index (χ4v) is 2.53. The molecule has 16 heavy (non-hydrogen) atoms.